The minimum atomic E-state index is 0.461. The Morgan fingerprint density at radius 3 is 2.43 bits per heavy atom. The zero-order chi connectivity index (χ0) is 14.9. The molecule has 1 aliphatic carbocycles. The molecule has 1 fully saturated rings. The summed E-state index contributed by atoms with van der Waals surface area (Å²) in [5, 5.41) is 3.62. The van der Waals surface area contributed by atoms with Gasteiger partial charge in [-0.05, 0) is 62.8 Å². The van der Waals surface area contributed by atoms with Crippen molar-refractivity contribution in [3.05, 3.63) is 29.8 Å². The maximum absolute atomic E-state index is 6.04. The molecule has 21 heavy (non-hydrogen) atoms. The summed E-state index contributed by atoms with van der Waals surface area (Å²) in [5.41, 5.74) is 1.31. The lowest BCUT2D eigenvalue weighted by molar-refractivity contribution is 0.0243. The van der Waals surface area contributed by atoms with Crippen LogP contribution in [-0.4, -0.2) is 32.4 Å². The number of rotatable bonds is 8. The molecular formula is C18H29NO2. The Morgan fingerprint density at radius 1 is 1.10 bits per heavy atom. The Morgan fingerprint density at radius 2 is 1.81 bits per heavy atom. The first-order chi connectivity index (χ1) is 10.3. The lowest BCUT2D eigenvalue weighted by atomic mass is 9.93. The van der Waals surface area contributed by atoms with Gasteiger partial charge >= 0.3 is 0 Å². The van der Waals surface area contributed by atoms with Gasteiger partial charge in [0.05, 0.1) is 19.8 Å². The minimum Gasteiger partial charge on any atom is -0.497 e. The molecule has 3 nitrogen and oxygen atoms in total. The Hall–Kier alpha value is -1.06. The monoisotopic (exact) mass is 291 g/mol. The fraction of sp³-hybridized carbons (Fsp3) is 0.667. The molecule has 0 unspecified atom stereocenters. The molecule has 118 valence electrons. The molecule has 3 heteroatoms. The van der Waals surface area contributed by atoms with Gasteiger partial charge in [0.2, 0.25) is 0 Å². The van der Waals surface area contributed by atoms with Gasteiger partial charge in [0.15, 0.2) is 0 Å². The van der Waals surface area contributed by atoms with Crippen LogP contribution in [-0.2, 0) is 11.2 Å². The standard InChI is InChI=1S/C18H29NO2/c1-3-13-19-16-6-10-18(11-7-16)21-14-12-15-4-8-17(20-2)9-5-15/h4-5,8-9,16,18-19H,3,6-7,10-14H2,1-2H3. The fourth-order valence-electron chi connectivity index (χ4n) is 2.92. The predicted octanol–water partition coefficient (Wildman–Crippen LogP) is 3.57. The van der Waals surface area contributed by atoms with E-state index in [0.717, 1.165) is 25.3 Å². The van der Waals surface area contributed by atoms with Crippen molar-refractivity contribution in [2.45, 2.75) is 57.6 Å². The highest BCUT2D eigenvalue weighted by Gasteiger charge is 2.20. The number of ether oxygens (including phenoxy) is 2. The maximum Gasteiger partial charge on any atom is 0.118 e. The molecule has 0 atom stereocenters. The highest BCUT2D eigenvalue weighted by molar-refractivity contribution is 5.27. The van der Waals surface area contributed by atoms with Crippen LogP contribution in [0.2, 0.25) is 0 Å². The van der Waals surface area contributed by atoms with Crippen molar-refractivity contribution < 1.29 is 9.47 Å². The molecule has 0 amide bonds. The van der Waals surface area contributed by atoms with Crippen LogP contribution >= 0.6 is 0 Å². The van der Waals surface area contributed by atoms with E-state index in [4.69, 9.17) is 9.47 Å². The van der Waals surface area contributed by atoms with Crippen LogP contribution in [0.25, 0.3) is 0 Å². The summed E-state index contributed by atoms with van der Waals surface area (Å²) in [6.07, 6.45) is 7.58. The summed E-state index contributed by atoms with van der Waals surface area (Å²) in [6.45, 7) is 4.19. The van der Waals surface area contributed by atoms with E-state index in [1.165, 1.54) is 37.7 Å². The minimum absolute atomic E-state index is 0.461. The number of hydrogen-bond donors (Lipinski definition) is 1. The van der Waals surface area contributed by atoms with Crippen molar-refractivity contribution in [2.24, 2.45) is 0 Å². The third-order valence-electron chi connectivity index (χ3n) is 4.26. The van der Waals surface area contributed by atoms with Gasteiger partial charge in [-0.1, -0.05) is 19.1 Å². The molecule has 1 aromatic carbocycles. The summed E-state index contributed by atoms with van der Waals surface area (Å²) in [5.74, 6) is 0.914. The second-order valence-electron chi connectivity index (χ2n) is 5.90. The molecule has 1 aliphatic rings. The Balaban J connectivity index is 1.61. The van der Waals surface area contributed by atoms with Crippen molar-refractivity contribution in [3.63, 3.8) is 0 Å². The number of hydrogen-bond acceptors (Lipinski definition) is 3. The van der Waals surface area contributed by atoms with Crippen molar-refractivity contribution in [3.8, 4) is 5.75 Å². The molecule has 1 saturated carbocycles. The van der Waals surface area contributed by atoms with Gasteiger partial charge in [0.1, 0.15) is 5.75 Å². The first kappa shape index (κ1) is 16.3. The van der Waals surface area contributed by atoms with E-state index >= 15 is 0 Å². The summed E-state index contributed by atoms with van der Waals surface area (Å²) in [7, 11) is 1.70. The molecule has 0 aliphatic heterocycles. The quantitative estimate of drug-likeness (QED) is 0.794. The molecule has 2 rings (SSSR count). The van der Waals surface area contributed by atoms with Crippen LogP contribution in [0, 0.1) is 0 Å². The molecular weight excluding hydrogens is 262 g/mol. The first-order valence-corrected chi connectivity index (χ1v) is 8.29. The smallest absolute Gasteiger partial charge is 0.118 e. The van der Waals surface area contributed by atoms with Crippen LogP contribution in [0.15, 0.2) is 24.3 Å². The van der Waals surface area contributed by atoms with Gasteiger partial charge in [-0.2, -0.15) is 0 Å². The summed E-state index contributed by atoms with van der Waals surface area (Å²) in [6, 6.07) is 8.98. The lowest BCUT2D eigenvalue weighted by Crippen LogP contribution is -2.35. The van der Waals surface area contributed by atoms with Gasteiger partial charge in [0, 0.05) is 6.04 Å². The van der Waals surface area contributed by atoms with E-state index in [-0.39, 0.29) is 0 Å². The van der Waals surface area contributed by atoms with E-state index in [1.54, 1.807) is 7.11 Å². The Kier molecular flexibility index (Phi) is 7.04. The highest BCUT2D eigenvalue weighted by atomic mass is 16.5. The summed E-state index contributed by atoms with van der Waals surface area (Å²) < 4.78 is 11.2. The van der Waals surface area contributed by atoms with E-state index in [9.17, 15) is 0 Å². The zero-order valence-corrected chi connectivity index (χ0v) is 13.4. The molecule has 0 bridgehead atoms. The molecule has 0 aromatic heterocycles. The predicted molar refractivity (Wildman–Crippen MR) is 87.0 cm³/mol. The summed E-state index contributed by atoms with van der Waals surface area (Å²) in [4.78, 5) is 0. The lowest BCUT2D eigenvalue weighted by Gasteiger charge is -2.29. The van der Waals surface area contributed by atoms with Crippen LogP contribution in [0.1, 0.15) is 44.6 Å². The second-order valence-corrected chi connectivity index (χ2v) is 5.90. The SMILES string of the molecule is CCCNC1CCC(OCCc2ccc(OC)cc2)CC1. The van der Waals surface area contributed by atoms with Crippen molar-refractivity contribution in [2.75, 3.05) is 20.3 Å². The topological polar surface area (TPSA) is 30.5 Å². The molecule has 1 N–H and O–H groups in total. The van der Waals surface area contributed by atoms with Gasteiger partial charge in [-0.3, -0.25) is 0 Å². The van der Waals surface area contributed by atoms with Crippen LogP contribution in [0.4, 0.5) is 0 Å². The highest BCUT2D eigenvalue weighted by Crippen LogP contribution is 2.21. The first-order valence-electron chi connectivity index (χ1n) is 8.29. The van der Waals surface area contributed by atoms with E-state index < -0.39 is 0 Å². The number of benzene rings is 1. The molecule has 0 spiro atoms. The average molecular weight is 291 g/mol. The molecule has 0 heterocycles. The number of nitrogens with one attached hydrogen (secondary N) is 1. The van der Waals surface area contributed by atoms with Crippen LogP contribution in [0.3, 0.4) is 0 Å². The molecule has 0 radical (unpaired) electrons. The Labute approximate surface area is 129 Å². The van der Waals surface area contributed by atoms with Gasteiger partial charge < -0.3 is 14.8 Å². The van der Waals surface area contributed by atoms with E-state index in [1.807, 2.05) is 12.1 Å². The average Bonchev–Trinajstić information content (AvgIpc) is 2.55. The van der Waals surface area contributed by atoms with Crippen molar-refractivity contribution in [1.29, 1.82) is 0 Å². The van der Waals surface area contributed by atoms with Gasteiger partial charge in [-0.25, -0.2) is 0 Å². The number of methoxy groups -OCH3 is 1. The molecule has 1 aromatic rings. The third-order valence-corrected chi connectivity index (χ3v) is 4.26. The maximum atomic E-state index is 6.04. The van der Waals surface area contributed by atoms with Gasteiger partial charge in [0.25, 0.3) is 0 Å². The summed E-state index contributed by atoms with van der Waals surface area (Å²) >= 11 is 0. The second kappa shape index (κ2) is 9.06. The Bertz CT molecular complexity index is 383. The molecule has 0 saturated heterocycles. The van der Waals surface area contributed by atoms with Crippen LogP contribution < -0.4 is 10.1 Å². The van der Waals surface area contributed by atoms with Crippen molar-refractivity contribution in [1.82, 2.24) is 5.32 Å². The normalized spacial score (nSPS) is 22.2. The zero-order valence-electron chi connectivity index (χ0n) is 13.4. The van der Waals surface area contributed by atoms with Gasteiger partial charge in [-0.15, -0.1) is 0 Å². The van der Waals surface area contributed by atoms with Crippen molar-refractivity contribution >= 4 is 0 Å². The van der Waals surface area contributed by atoms with Crippen LogP contribution in [0.5, 0.6) is 5.75 Å². The third kappa shape index (κ3) is 5.68. The fourth-order valence-corrected chi connectivity index (χ4v) is 2.92. The van der Waals surface area contributed by atoms with E-state index in [2.05, 4.69) is 24.4 Å². The van der Waals surface area contributed by atoms with E-state index in [0.29, 0.717) is 12.1 Å². The largest absolute Gasteiger partial charge is 0.497 e.